The molecule has 1 amide bonds. The standard InChI is InChI=1S/C17H24N2O3/c1-13-15(7-6-10-18-13)16(20)19-11-14-12-21-17(22-14)8-4-2-3-5-9-17/h6-7,10,14H,2-5,8-9,11-12H2,1H3,(H,19,20). The van der Waals surface area contributed by atoms with Crippen LogP contribution in [0.1, 0.15) is 54.6 Å². The number of carbonyl (C=O) groups is 1. The molecular formula is C17H24N2O3. The molecule has 0 aromatic carbocycles. The molecule has 0 bridgehead atoms. The summed E-state index contributed by atoms with van der Waals surface area (Å²) in [4.78, 5) is 16.3. The SMILES string of the molecule is Cc1ncccc1C(=O)NCC1COC2(CCCCCC2)O1. The van der Waals surface area contributed by atoms with Crippen molar-refractivity contribution >= 4 is 5.91 Å². The number of aryl methyl sites for hydroxylation is 1. The second-order valence-electron chi connectivity index (χ2n) is 6.22. The first kappa shape index (κ1) is 15.4. The molecule has 120 valence electrons. The Labute approximate surface area is 131 Å². The van der Waals surface area contributed by atoms with Gasteiger partial charge in [-0.2, -0.15) is 0 Å². The Balaban J connectivity index is 1.52. The Morgan fingerprint density at radius 1 is 1.36 bits per heavy atom. The highest BCUT2D eigenvalue weighted by Crippen LogP contribution is 2.36. The maximum atomic E-state index is 12.2. The first-order chi connectivity index (χ1) is 10.7. The van der Waals surface area contributed by atoms with Gasteiger partial charge < -0.3 is 14.8 Å². The highest BCUT2D eigenvalue weighted by atomic mass is 16.7. The van der Waals surface area contributed by atoms with E-state index in [1.54, 1.807) is 18.3 Å². The average molecular weight is 304 g/mol. The van der Waals surface area contributed by atoms with E-state index in [2.05, 4.69) is 10.3 Å². The fourth-order valence-corrected chi connectivity index (χ4v) is 3.27. The number of amides is 1. The van der Waals surface area contributed by atoms with Gasteiger partial charge in [-0.25, -0.2) is 0 Å². The Hall–Kier alpha value is -1.46. The topological polar surface area (TPSA) is 60.5 Å². The zero-order chi connectivity index (χ0) is 15.4. The van der Waals surface area contributed by atoms with Crippen LogP contribution in [-0.2, 0) is 9.47 Å². The average Bonchev–Trinajstić information content (AvgIpc) is 2.77. The molecular weight excluding hydrogens is 280 g/mol. The first-order valence-corrected chi connectivity index (χ1v) is 8.20. The molecule has 1 saturated heterocycles. The van der Waals surface area contributed by atoms with Crippen LogP contribution in [0.25, 0.3) is 0 Å². The number of nitrogens with zero attached hydrogens (tertiary/aromatic N) is 1. The van der Waals surface area contributed by atoms with Crippen LogP contribution in [-0.4, -0.2) is 35.9 Å². The van der Waals surface area contributed by atoms with Crippen molar-refractivity contribution < 1.29 is 14.3 Å². The van der Waals surface area contributed by atoms with E-state index in [9.17, 15) is 4.79 Å². The molecule has 22 heavy (non-hydrogen) atoms. The van der Waals surface area contributed by atoms with Gasteiger partial charge in [0.1, 0.15) is 6.10 Å². The number of ether oxygens (including phenoxy) is 2. The molecule has 0 radical (unpaired) electrons. The fourth-order valence-electron chi connectivity index (χ4n) is 3.27. The summed E-state index contributed by atoms with van der Waals surface area (Å²) in [6.45, 7) is 2.88. The summed E-state index contributed by atoms with van der Waals surface area (Å²) >= 11 is 0. The normalized spacial score (nSPS) is 24.1. The number of hydrogen-bond donors (Lipinski definition) is 1. The number of aromatic nitrogens is 1. The van der Waals surface area contributed by atoms with E-state index < -0.39 is 5.79 Å². The van der Waals surface area contributed by atoms with Crippen LogP contribution < -0.4 is 5.32 Å². The number of rotatable bonds is 3. The van der Waals surface area contributed by atoms with Crippen molar-refractivity contribution in [3.63, 3.8) is 0 Å². The molecule has 2 fully saturated rings. The van der Waals surface area contributed by atoms with Gasteiger partial charge in [-0.3, -0.25) is 9.78 Å². The van der Waals surface area contributed by atoms with Crippen molar-refractivity contribution in [2.75, 3.05) is 13.2 Å². The lowest BCUT2D eigenvalue weighted by molar-refractivity contribution is -0.175. The summed E-state index contributed by atoms with van der Waals surface area (Å²) in [7, 11) is 0. The minimum Gasteiger partial charge on any atom is -0.349 e. The number of carbonyl (C=O) groups excluding carboxylic acids is 1. The molecule has 5 nitrogen and oxygen atoms in total. The molecule has 3 rings (SSSR count). The van der Waals surface area contributed by atoms with Crippen molar-refractivity contribution in [1.82, 2.24) is 10.3 Å². The van der Waals surface area contributed by atoms with E-state index in [0.717, 1.165) is 31.4 Å². The van der Waals surface area contributed by atoms with Gasteiger partial charge in [0.05, 0.1) is 12.2 Å². The first-order valence-electron chi connectivity index (χ1n) is 8.20. The van der Waals surface area contributed by atoms with Gasteiger partial charge in [0.15, 0.2) is 5.79 Å². The lowest BCUT2D eigenvalue weighted by Gasteiger charge is -2.26. The minimum absolute atomic E-state index is 0.0565. The predicted octanol–water partition coefficient (Wildman–Crippen LogP) is 2.59. The largest absolute Gasteiger partial charge is 0.349 e. The van der Waals surface area contributed by atoms with Crippen molar-refractivity contribution in [3.8, 4) is 0 Å². The van der Waals surface area contributed by atoms with Gasteiger partial charge in [-0.1, -0.05) is 12.8 Å². The molecule has 5 heteroatoms. The zero-order valence-electron chi connectivity index (χ0n) is 13.1. The van der Waals surface area contributed by atoms with E-state index >= 15 is 0 Å². The molecule has 2 aliphatic rings. The van der Waals surface area contributed by atoms with Crippen LogP contribution in [0.15, 0.2) is 18.3 Å². The van der Waals surface area contributed by atoms with Crippen LogP contribution in [0.3, 0.4) is 0 Å². The minimum atomic E-state index is -0.393. The third-order valence-corrected chi connectivity index (χ3v) is 4.52. The van der Waals surface area contributed by atoms with E-state index in [1.165, 1.54) is 12.8 Å². The second-order valence-corrected chi connectivity index (χ2v) is 6.22. The summed E-state index contributed by atoms with van der Waals surface area (Å²) in [5, 5.41) is 2.94. The quantitative estimate of drug-likeness (QED) is 0.932. The molecule has 1 aliphatic carbocycles. The monoisotopic (exact) mass is 304 g/mol. The van der Waals surface area contributed by atoms with Gasteiger partial charge in [-0.05, 0) is 31.9 Å². The highest BCUT2D eigenvalue weighted by Gasteiger charge is 2.41. The molecule has 1 aromatic heterocycles. The maximum absolute atomic E-state index is 12.2. The van der Waals surface area contributed by atoms with E-state index in [4.69, 9.17) is 9.47 Å². The molecule has 1 unspecified atom stereocenters. The van der Waals surface area contributed by atoms with Gasteiger partial charge >= 0.3 is 0 Å². The van der Waals surface area contributed by atoms with Crippen LogP contribution in [0.4, 0.5) is 0 Å². The molecule has 2 heterocycles. The zero-order valence-corrected chi connectivity index (χ0v) is 13.1. The Morgan fingerprint density at radius 3 is 2.86 bits per heavy atom. The smallest absolute Gasteiger partial charge is 0.253 e. The van der Waals surface area contributed by atoms with Gasteiger partial charge in [0.25, 0.3) is 5.91 Å². The Kier molecular flexibility index (Phi) is 4.74. The number of hydrogen-bond acceptors (Lipinski definition) is 4. The molecule has 1 N–H and O–H groups in total. The van der Waals surface area contributed by atoms with Gasteiger partial charge in [0, 0.05) is 31.3 Å². The third kappa shape index (κ3) is 3.47. The summed E-state index contributed by atoms with van der Waals surface area (Å²) in [6.07, 6.45) is 8.42. The van der Waals surface area contributed by atoms with Crippen LogP contribution in [0.5, 0.6) is 0 Å². The van der Waals surface area contributed by atoms with E-state index in [0.29, 0.717) is 18.7 Å². The lowest BCUT2D eigenvalue weighted by Crippen LogP contribution is -2.36. The van der Waals surface area contributed by atoms with Crippen molar-refractivity contribution in [3.05, 3.63) is 29.6 Å². The van der Waals surface area contributed by atoms with Crippen molar-refractivity contribution in [1.29, 1.82) is 0 Å². The summed E-state index contributed by atoms with van der Waals surface area (Å²) < 4.78 is 12.1. The summed E-state index contributed by atoms with van der Waals surface area (Å²) in [5.41, 5.74) is 1.36. The lowest BCUT2D eigenvalue weighted by atomic mass is 10.1. The highest BCUT2D eigenvalue weighted by molar-refractivity contribution is 5.95. The molecule has 1 aromatic rings. The molecule has 1 saturated carbocycles. The molecule has 1 spiro atoms. The Bertz CT molecular complexity index is 524. The van der Waals surface area contributed by atoms with Gasteiger partial charge in [-0.15, -0.1) is 0 Å². The third-order valence-electron chi connectivity index (χ3n) is 4.52. The van der Waals surface area contributed by atoms with Crippen LogP contribution >= 0.6 is 0 Å². The fraction of sp³-hybridized carbons (Fsp3) is 0.647. The van der Waals surface area contributed by atoms with Crippen molar-refractivity contribution in [2.24, 2.45) is 0 Å². The van der Waals surface area contributed by atoms with E-state index in [1.807, 2.05) is 6.92 Å². The molecule has 1 aliphatic heterocycles. The van der Waals surface area contributed by atoms with Crippen molar-refractivity contribution in [2.45, 2.75) is 57.3 Å². The van der Waals surface area contributed by atoms with E-state index in [-0.39, 0.29) is 12.0 Å². The summed E-state index contributed by atoms with van der Waals surface area (Å²) in [5.74, 6) is -0.494. The summed E-state index contributed by atoms with van der Waals surface area (Å²) in [6, 6.07) is 3.56. The molecule has 1 atom stereocenters. The maximum Gasteiger partial charge on any atom is 0.253 e. The Morgan fingerprint density at radius 2 is 2.14 bits per heavy atom. The van der Waals surface area contributed by atoms with Gasteiger partial charge in [0.2, 0.25) is 0 Å². The predicted molar refractivity (Wildman–Crippen MR) is 82.6 cm³/mol. The number of pyridine rings is 1. The second kappa shape index (κ2) is 6.75. The van der Waals surface area contributed by atoms with Crippen LogP contribution in [0.2, 0.25) is 0 Å². The van der Waals surface area contributed by atoms with Crippen LogP contribution in [0, 0.1) is 6.92 Å². The number of nitrogens with one attached hydrogen (secondary N) is 1.